The summed E-state index contributed by atoms with van der Waals surface area (Å²) in [4.78, 5) is 33.8. The smallest absolute Gasteiger partial charge is 0.413 e. The minimum Gasteiger partial charge on any atom is -0.481 e. The van der Waals surface area contributed by atoms with Gasteiger partial charge >= 0.3 is 6.09 Å². The van der Waals surface area contributed by atoms with Gasteiger partial charge in [0.05, 0.1) is 13.4 Å². The third kappa shape index (κ3) is 4.55. The summed E-state index contributed by atoms with van der Waals surface area (Å²) < 4.78 is 15.6. The van der Waals surface area contributed by atoms with Crippen LogP contribution < -0.4 is 10.1 Å². The Morgan fingerprint density at radius 3 is 2.57 bits per heavy atom. The van der Waals surface area contributed by atoms with Gasteiger partial charge in [-0.25, -0.2) is 14.8 Å². The lowest BCUT2D eigenvalue weighted by molar-refractivity contribution is 0.0635. The molecule has 3 aromatic heterocycles. The Labute approximate surface area is 165 Å². The summed E-state index contributed by atoms with van der Waals surface area (Å²) in [6, 6.07) is 6.59. The number of ether oxygens (including phenoxy) is 2. The molecule has 0 saturated carbocycles. The van der Waals surface area contributed by atoms with Crippen molar-refractivity contribution >= 4 is 28.3 Å². The first-order valence-corrected chi connectivity index (χ1v) is 9.18. The number of pyridine rings is 1. The molecule has 0 atom stereocenters. The molecule has 3 aromatic rings. The van der Waals surface area contributed by atoms with Crippen LogP contribution in [0.25, 0.3) is 11.5 Å². The molecule has 9 heteroatoms. The fraction of sp³-hybridized carbons (Fsp3) is 0.263. The summed E-state index contributed by atoms with van der Waals surface area (Å²) in [6.07, 6.45) is 2.25. The monoisotopic (exact) mass is 401 g/mol. The highest BCUT2D eigenvalue weighted by Crippen LogP contribution is 2.33. The SMILES string of the molecule is COc1ccc(C(=O)c2sc(NC(=O)OC(C)(C)C)nc2-c2ccco2)cn1. The number of carbonyl (C=O) groups is 2. The van der Waals surface area contributed by atoms with Crippen LogP contribution in [0.3, 0.4) is 0 Å². The number of carbonyl (C=O) groups excluding carboxylic acids is 2. The Morgan fingerprint density at radius 1 is 1.21 bits per heavy atom. The molecular weight excluding hydrogens is 382 g/mol. The number of furan rings is 1. The van der Waals surface area contributed by atoms with E-state index in [1.807, 2.05) is 0 Å². The van der Waals surface area contributed by atoms with Gasteiger partial charge in [0.1, 0.15) is 16.2 Å². The maximum absolute atomic E-state index is 13.0. The van der Waals surface area contributed by atoms with E-state index < -0.39 is 11.7 Å². The Balaban J connectivity index is 1.93. The molecule has 0 aromatic carbocycles. The highest BCUT2D eigenvalue weighted by Gasteiger charge is 2.25. The molecule has 0 aliphatic carbocycles. The first-order chi connectivity index (χ1) is 13.3. The van der Waals surface area contributed by atoms with Crippen LogP contribution in [0.1, 0.15) is 36.0 Å². The van der Waals surface area contributed by atoms with Gasteiger partial charge in [-0.2, -0.15) is 0 Å². The van der Waals surface area contributed by atoms with Gasteiger partial charge < -0.3 is 13.9 Å². The summed E-state index contributed by atoms with van der Waals surface area (Å²) in [7, 11) is 1.50. The number of hydrogen-bond donors (Lipinski definition) is 1. The Morgan fingerprint density at radius 2 is 2.00 bits per heavy atom. The first kappa shape index (κ1) is 19.6. The standard InChI is InChI=1S/C19H19N3O5S/c1-19(2,3)27-18(24)22-17-21-14(12-6-5-9-26-12)16(28-17)15(23)11-7-8-13(25-4)20-10-11/h5-10H,1-4H3,(H,21,22,24). The molecule has 3 rings (SSSR count). The van der Waals surface area contributed by atoms with E-state index >= 15 is 0 Å². The predicted molar refractivity (Wildman–Crippen MR) is 104 cm³/mol. The second-order valence-corrected chi connectivity index (χ2v) is 7.72. The van der Waals surface area contributed by atoms with Gasteiger partial charge in [0, 0.05) is 17.8 Å². The van der Waals surface area contributed by atoms with Gasteiger partial charge in [-0.3, -0.25) is 10.1 Å². The molecule has 28 heavy (non-hydrogen) atoms. The zero-order valence-electron chi connectivity index (χ0n) is 15.8. The number of rotatable bonds is 5. The zero-order chi connectivity index (χ0) is 20.3. The maximum Gasteiger partial charge on any atom is 0.413 e. The Hall–Kier alpha value is -3.20. The van der Waals surface area contributed by atoms with E-state index in [4.69, 9.17) is 13.9 Å². The molecule has 0 saturated heterocycles. The molecule has 0 fully saturated rings. The van der Waals surface area contributed by atoms with Gasteiger partial charge in [-0.15, -0.1) is 0 Å². The average Bonchev–Trinajstić information content (AvgIpc) is 3.29. The van der Waals surface area contributed by atoms with Crippen molar-refractivity contribution in [1.29, 1.82) is 0 Å². The van der Waals surface area contributed by atoms with Gasteiger partial charge in [0.2, 0.25) is 11.7 Å². The van der Waals surface area contributed by atoms with E-state index in [0.29, 0.717) is 27.8 Å². The molecule has 0 aliphatic rings. The number of hydrogen-bond acceptors (Lipinski definition) is 8. The molecule has 8 nitrogen and oxygen atoms in total. The van der Waals surface area contributed by atoms with Crippen LogP contribution in [-0.2, 0) is 4.74 Å². The van der Waals surface area contributed by atoms with E-state index in [2.05, 4.69) is 15.3 Å². The molecule has 3 heterocycles. The molecule has 146 valence electrons. The van der Waals surface area contributed by atoms with Crippen LogP contribution in [0.2, 0.25) is 0 Å². The number of thiazole rings is 1. The summed E-state index contributed by atoms with van der Waals surface area (Å²) in [5.74, 6) is 0.522. The number of nitrogens with zero attached hydrogens (tertiary/aromatic N) is 2. The van der Waals surface area contributed by atoms with Gasteiger partial charge in [0.25, 0.3) is 0 Å². The number of ketones is 1. The van der Waals surface area contributed by atoms with Crippen LogP contribution in [0.15, 0.2) is 41.1 Å². The van der Waals surface area contributed by atoms with Crippen LogP contribution in [0, 0.1) is 0 Å². The molecule has 0 spiro atoms. The third-order valence-electron chi connectivity index (χ3n) is 3.40. The summed E-state index contributed by atoms with van der Waals surface area (Å²) in [5.41, 5.74) is 0.0430. The zero-order valence-corrected chi connectivity index (χ0v) is 16.6. The van der Waals surface area contributed by atoms with Crippen molar-refractivity contribution < 1.29 is 23.5 Å². The van der Waals surface area contributed by atoms with Crippen molar-refractivity contribution in [1.82, 2.24) is 9.97 Å². The molecular formula is C19H19N3O5S. The number of nitrogens with one attached hydrogen (secondary N) is 1. The van der Waals surface area contributed by atoms with Crippen molar-refractivity contribution in [2.75, 3.05) is 12.4 Å². The minimum atomic E-state index is -0.655. The van der Waals surface area contributed by atoms with Gasteiger partial charge in [-0.05, 0) is 39.0 Å². The lowest BCUT2D eigenvalue weighted by Gasteiger charge is -2.18. The third-order valence-corrected chi connectivity index (χ3v) is 4.37. The van der Waals surface area contributed by atoms with E-state index in [1.165, 1.54) is 19.6 Å². The molecule has 0 aliphatic heterocycles. The second-order valence-electron chi connectivity index (χ2n) is 6.72. The van der Waals surface area contributed by atoms with E-state index in [0.717, 1.165) is 11.3 Å². The summed E-state index contributed by atoms with van der Waals surface area (Å²) >= 11 is 1.03. The number of amides is 1. The fourth-order valence-electron chi connectivity index (χ4n) is 2.27. The van der Waals surface area contributed by atoms with Crippen LogP contribution in [-0.4, -0.2) is 34.6 Å². The lowest BCUT2D eigenvalue weighted by Crippen LogP contribution is -2.27. The number of anilines is 1. The quantitative estimate of drug-likeness (QED) is 0.633. The highest BCUT2D eigenvalue weighted by atomic mass is 32.1. The molecule has 0 bridgehead atoms. The normalized spacial score (nSPS) is 11.1. The highest BCUT2D eigenvalue weighted by molar-refractivity contribution is 7.18. The Kier molecular flexibility index (Phi) is 5.46. The number of methoxy groups -OCH3 is 1. The summed E-state index contributed by atoms with van der Waals surface area (Å²) in [5, 5.41) is 2.79. The minimum absolute atomic E-state index is 0.227. The topological polar surface area (TPSA) is 104 Å². The first-order valence-electron chi connectivity index (χ1n) is 8.36. The van der Waals surface area contributed by atoms with Crippen molar-refractivity contribution in [3.63, 3.8) is 0 Å². The second kappa shape index (κ2) is 7.81. The summed E-state index contributed by atoms with van der Waals surface area (Å²) in [6.45, 7) is 5.27. The van der Waals surface area contributed by atoms with Crippen LogP contribution in [0.4, 0.5) is 9.93 Å². The molecule has 1 N–H and O–H groups in total. The van der Waals surface area contributed by atoms with E-state index in [-0.39, 0.29) is 10.9 Å². The average molecular weight is 401 g/mol. The predicted octanol–water partition coefficient (Wildman–Crippen LogP) is 4.38. The molecule has 0 radical (unpaired) electrons. The lowest BCUT2D eigenvalue weighted by atomic mass is 10.1. The van der Waals surface area contributed by atoms with Crippen LogP contribution >= 0.6 is 11.3 Å². The van der Waals surface area contributed by atoms with E-state index in [1.54, 1.807) is 45.0 Å². The van der Waals surface area contributed by atoms with Crippen molar-refractivity contribution in [2.45, 2.75) is 26.4 Å². The van der Waals surface area contributed by atoms with Crippen molar-refractivity contribution in [3.8, 4) is 17.3 Å². The van der Waals surface area contributed by atoms with Crippen LogP contribution in [0.5, 0.6) is 5.88 Å². The van der Waals surface area contributed by atoms with Crippen molar-refractivity contribution in [3.05, 3.63) is 47.2 Å². The molecule has 1 amide bonds. The fourth-order valence-corrected chi connectivity index (χ4v) is 3.18. The Bertz CT molecular complexity index is 972. The van der Waals surface area contributed by atoms with E-state index in [9.17, 15) is 9.59 Å². The largest absolute Gasteiger partial charge is 0.481 e. The van der Waals surface area contributed by atoms with Gasteiger partial charge in [0.15, 0.2) is 10.9 Å². The van der Waals surface area contributed by atoms with Gasteiger partial charge in [-0.1, -0.05) is 11.3 Å². The number of aromatic nitrogens is 2. The molecule has 0 unspecified atom stereocenters. The van der Waals surface area contributed by atoms with Crippen molar-refractivity contribution in [2.24, 2.45) is 0 Å². The maximum atomic E-state index is 13.0.